The van der Waals surface area contributed by atoms with Gasteiger partial charge in [0.1, 0.15) is 5.75 Å². The van der Waals surface area contributed by atoms with Crippen LogP contribution in [-0.2, 0) is 0 Å². The SMILES string of the molecule is COc1cc(NC2CC(C)NC(N3CCCCC3)C2)ccc1-n1cnc(C)c1. The molecule has 0 spiro atoms. The molecule has 2 aromatic rings. The van der Waals surface area contributed by atoms with Gasteiger partial charge < -0.3 is 14.6 Å². The Bertz CT molecular complexity index is 783. The summed E-state index contributed by atoms with van der Waals surface area (Å²) < 4.78 is 7.68. The lowest BCUT2D eigenvalue weighted by Gasteiger charge is -2.43. The van der Waals surface area contributed by atoms with Gasteiger partial charge in [-0.15, -0.1) is 0 Å². The van der Waals surface area contributed by atoms with Crippen molar-refractivity contribution < 1.29 is 4.74 Å². The lowest BCUT2D eigenvalue weighted by atomic mass is 9.96. The van der Waals surface area contributed by atoms with E-state index in [9.17, 15) is 0 Å². The molecule has 0 aliphatic carbocycles. The third-order valence-corrected chi connectivity index (χ3v) is 5.99. The van der Waals surface area contributed by atoms with Gasteiger partial charge >= 0.3 is 0 Å². The summed E-state index contributed by atoms with van der Waals surface area (Å²) in [5.74, 6) is 0.858. The van der Waals surface area contributed by atoms with E-state index in [4.69, 9.17) is 4.74 Å². The maximum atomic E-state index is 5.67. The highest BCUT2D eigenvalue weighted by Crippen LogP contribution is 2.29. The Morgan fingerprint density at radius 1 is 1.18 bits per heavy atom. The molecule has 2 aliphatic rings. The molecule has 152 valence electrons. The molecule has 2 aliphatic heterocycles. The Balaban J connectivity index is 1.46. The van der Waals surface area contributed by atoms with E-state index in [2.05, 4.69) is 45.6 Å². The van der Waals surface area contributed by atoms with Gasteiger partial charge in [0.05, 0.1) is 31.0 Å². The number of nitrogens with zero attached hydrogens (tertiary/aromatic N) is 3. The van der Waals surface area contributed by atoms with Gasteiger partial charge in [-0.05, 0) is 64.8 Å². The zero-order valence-corrected chi connectivity index (χ0v) is 17.3. The van der Waals surface area contributed by atoms with Gasteiger partial charge in [0.2, 0.25) is 0 Å². The molecule has 2 N–H and O–H groups in total. The average Bonchev–Trinajstić information content (AvgIpc) is 3.14. The van der Waals surface area contributed by atoms with Crippen LogP contribution >= 0.6 is 0 Å². The highest BCUT2D eigenvalue weighted by Gasteiger charge is 2.30. The van der Waals surface area contributed by atoms with E-state index in [-0.39, 0.29) is 0 Å². The Morgan fingerprint density at radius 3 is 2.71 bits per heavy atom. The largest absolute Gasteiger partial charge is 0.494 e. The van der Waals surface area contributed by atoms with Crippen molar-refractivity contribution in [2.45, 2.75) is 64.2 Å². The highest BCUT2D eigenvalue weighted by molar-refractivity contribution is 5.58. The van der Waals surface area contributed by atoms with E-state index < -0.39 is 0 Å². The highest BCUT2D eigenvalue weighted by atomic mass is 16.5. The lowest BCUT2D eigenvalue weighted by molar-refractivity contribution is 0.0952. The number of piperidine rings is 2. The Labute approximate surface area is 168 Å². The van der Waals surface area contributed by atoms with Crippen LogP contribution in [0.25, 0.3) is 5.69 Å². The number of imidazole rings is 1. The van der Waals surface area contributed by atoms with Crippen LogP contribution in [0.1, 0.15) is 44.7 Å². The van der Waals surface area contributed by atoms with Gasteiger partial charge in [-0.1, -0.05) is 6.42 Å². The number of anilines is 1. The number of hydrogen-bond donors (Lipinski definition) is 2. The molecule has 3 heterocycles. The first kappa shape index (κ1) is 19.3. The lowest BCUT2D eigenvalue weighted by Crippen LogP contribution is -2.57. The van der Waals surface area contributed by atoms with Crippen LogP contribution in [-0.4, -0.2) is 52.9 Å². The second-order valence-corrected chi connectivity index (χ2v) is 8.30. The van der Waals surface area contributed by atoms with Crippen LogP contribution in [0, 0.1) is 6.92 Å². The molecule has 0 radical (unpaired) electrons. The number of hydrogen-bond acceptors (Lipinski definition) is 5. The van der Waals surface area contributed by atoms with Crippen molar-refractivity contribution in [1.82, 2.24) is 19.8 Å². The van der Waals surface area contributed by atoms with Crippen LogP contribution in [0.15, 0.2) is 30.7 Å². The number of rotatable bonds is 5. The molecule has 3 unspecified atom stereocenters. The van der Waals surface area contributed by atoms with Gasteiger partial charge in [-0.2, -0.15) is 0 Å². The molecule has 1 aromatic heterocycles. The van der Waals surface area contributed by atoms with Crippen LogP contribution < -0.4 is 15.4 Å². The molecule has 3 atom stereocenters. The number of methoxy groups -OCH3 is 1. The number of aryl methyl sites for hydroxylation is 1. The fourth-order valence-corrected chi connectivity index (χ4v) is 4.63. The summed E-state index contributed by atoms with van der Waals surface area (Å²) in [6, 6.07) is 7.35. The molecule has 6 heteroatoms. The minimum atomic E-state index is 0.467. The molecule has 2 fully saturated rings. The Hall–Kier alpha value is -2.05. The Kier molecular flexibility index (Phi) is 5.87. The summed E-state index contributed by atoms with van der Waals surface area (Å²) in [6.07, 6.45) is 10.6. The predicted octanol–water partition coefficient (Wildman–Crippen LogP) is 3.55. The van der Waals surface area contributed by atoms with Crippen molar-refractivity contribution >= 4 is 5.69 Å². The average molecular weight is 384 g/mol. The maximum Gasteiger partial charge on any atom is 0.144 e. The van der Waals surface area contributed by atoms with Crippen molar-refractivity contribution in [3.05, 3.63) is 36.4 Å². The molecule has 0 bridgehead atoms. The summed E-state index contributed by atoms with van der Waals surface area (Å²) in [5.41, 5.74) is 3.13. The molecule has 1 aromatic carbocycles. The first-order valence-electron chi connectivity index (χ1n) is 10.6. The third kappa shape index (κ3) is 4.33. The van der Waals surface area contributed by atoms with Gasteiger partial charge in [-0.25, -0.2) is 4.98 Å². The number of nitrogens with one attached hydrogen (secondary N) is 2. The van der Waals surface area contributed by atoms with Crippen molar-refractivity contribution in [3.63, 3.8) is 0 Å². The second-order valence-electron chi connectivity index (χ2n) is 8.30. The van der Waals surface area contributed by atoms with Crippen molar-refractivity contribution in [2.24, 2.45) is 0 Å². The maximum absolute atomic E-state index is 5.67. The number of benzene rings is 1. The molecule has 0 amide bonds. The van der Waals surface area contributed by atoms with Gasteiger partial charge in [0, 0.05) is 30.0 Å². The zero-order valence-electron chi connectivity index (χ0n) is 17.3. The van der Waals surface area contributed by atoms with E-state index in [0.29, 0.717) is 18.2 Å². The third-order valence-electron chi connectivity index (χ3n) is 5.99. The predicted molar refractivity (Wildman–Crippen MR) is 113 cm³/mol. The topological polar surface area (TPSA) is 54.4 Å². The van der Waals surface area contributed by atoms with E-state index >= 15 is 0 Å². The molecule has 28 heavy (non-hydrogen) atoms. The fourth-order valence-electron chi connectivity index (χ4n) is 4.63. The van der Waals surface area contributed by atoms with E-state index in [1.807, 2.05) is 24.0 Å². The normalized spacial score (nSPS) is 26.2. The smallest absolute Gasteiger partial charge is 0.144 e. The summed E-state index contributed by atoms with van der Waals surface area (Å²) in [5, 5.41) is 7.58. The van der Waals surface area contributed by atoms with Gasteiger partial charge in [0.25, 0.3) is 0 Å². The molecule has 6 nitrogen and oxygen atoms in total. The van der Waals surface area contributed by atoms with E-state index in [0.717, 1.165) is 35.7 Å². The van der Waals surface area contributed by atoms with Crippen molar-refractivity contribution in [1.29, 1.82) is 0 Å². The number of aromatic nitrogens is 2. The first-order chi connectivity index (χ1) is 13.6. The van der Waals surface area contributed by atoms with Gasteiger partial charge in [0.15, 0.2) is 0 Å². The Morgan fingerprint density at radius 2 is 2.00 bits per heavy atom. The van der Waals surface area contributed by atoms with E-state index in [1.54, 1.807) is 7.11 Å². The number of likely N-dealkylation sites (tertiary alicyclic amines) is 1. The summed E-state index contributed by atoms with van der Waals surface area (Å²) >= 11 is 0. The minimum Gasteiger partial charge on any atom is -0.494 e. The first-order valence-corrected chi connectivity index (χ1v) is 10.6. The molecule has 0 saturated carbocycles. The minimum absolute atomic E-state index is 0.467. The number of ether oxygens (including phenoxy) is 1. The van der Waals surface area contributed by atoms with Crippen LogP contribution in [0.2, 0.25) is 0 Å². The summed E-state index contributed by atoms with van der Waals surface area (Å²) in [6.45, 7) is 6.75. The van der Waals surface area contributed by atoms with Crippen LogP contribution in [0.5, 0.6) is 5.75 Å². The van der Waals surface area contributed by atoms with Crippen LogP contribution in [0.3, 0.4) is 0 Å². The molecule has 4 rings (SSSR count). The fraction of sp³-hybridized carbons (Fsp3) is 0.591. The summed E-state index contributed by atoms with van der Waals surface area (Å²) in [7, 11) is 1.73. The summed E-state index contributed by atoms with van der Waals surface area (Å²) in [4.78, 5) is 6.96. The molecular formula is C22H33N5O. The molecule has 2 saturated heterocycles. The van der Waals surface area contributed by atoms with Crippen molar-refractivity contribution in [3.8, 4) is 11.4 Å². The van der Waals surface area contributed by atoms with E-state index in [1.165, 1.54) is 32.4 Å². The zero-order chi connectivity index (χ0) is 19.5. The van der Waals surface area contributed by atoms with Gasteiger partial charge in [-0.3, -0.25) is 10.2 Å². The van der Waals surface area contributed by atoms with Crippen LogP contribution in [0.4, 0.5) is 5.69 Å². The second kappa shape index (κ2) is 8.53. The quantitative estimate of drug-likeness (QED) is 0.827. The monoisotopic (exact) mass is 383 g/mol. The van der Waals surface area contributed by atoms with Crippen molar-refractivity contribution in [2.75, 3.05) is 25.5 Å². The molecular weight excluding hydrogens is 350 g/mol. The standard InChI is InChI=1S/C22H33N5O/c1-16-11-19(13-22(24-16)26-9-5-4-6-10-26)25-18-7-8-20(21(12-18)28-3)27-14-17(2)23-15-27/h7-8,12,14-16,19,22,24-25H,4-6,9-11,13H2,1-3H3.